The number of nitrogens with zero attached hydrogens (tertiary/aromatic N) is 2. The van der Waals surface area contributed by atoms with Crippen LogP contribution < -0.4 is 0 Å². The Morgan fingerprint density at radius 3 is 2.50 bits per heavy atom. The lowest BCUT2D eigenvalue weighted by Crippen LogP contribution is -2.14. The Kier molecular flexibility index (Phi) is 4.60. The first kappa shape index (κ1) is 18.5. The van der Waals surface area contributed by atoms with E-state index in [1.807, 2.05) is 0 Å². The molecule has 0 aliphatic carbocycles. The third-order valence-electron chi connectivity index (χ3n) is 4.31. The molecule has 2 heterocycles. The monoisotopic (exact) mass is 458 g/mol. The summed E-state index contributed by atoms with van der Waals surface area (Å²) < 4.78 is 42.4. The first-order valence-electron chi connectivity index (χ1n) is 8.15. The maximum absolute atomic E-state index is 13.8. The molecule has 5 nitrogen and oxygen atoms in total. The summed E-state index contributed by atoms with van der Waals surface area (Å²) in [6.45, 7) is 0. The fourth-order valence-corrected chi connectivity index (χ4v) is 4.89. The summed E-state index contributed by atoms with van der Waals surface area (Å²) in [6.07, 6.45) is 1.89. The van der Waals surface area contributed by atoms with E-state index in [9.17, 15) is 17.6 Å². The van der Waals surface area contributed by atoms with Gasteiger partial charge in [0.15, 0.2) is 11.9 Å². The summed E-state index contributed by atoms with van der Waals surface area (Å²) in [5.74, 6) is -0.674. The molecule has 4 rings (SSSR count). The van der Waals surface area contributed by atoms with E-state index in [0.717, 1.165) is 10.0 Å². The number of halogens is 2. The Morgan fingerprint density at radius 1 is 1.04 bits per heavy atom. The maximum Gasteiger partial charge on any atom is 0.269 e. The molecule has 0 atom stereocenters. The molecule has 0 fully saturated rings. The lowest BCUT2D eigenvalue weighted by atomic mass is 10.1. The van der Waals surface area contributed by atoms with E-state index < -0.39 is 15.8 Å². The van der Waals surface area contributed by atoms with Gasteiger partial charge in [0.2, 0.25) is 0 Å². The van der Waals surface area contributed by atoms with E-state index in [0.29, 0.717) is 21.7 Å². The Bertz CT molecular complexity index is 1320. The van der Waals surface area contributed by atoms with Crippen molar-refractivity contribution in [2.45, 2.75) is 4.90 Å². The zero-order chi connectivity index (χ0) is 19.9. The minimum absolute atomic E-state index is 0.0910. The summed E-state index contributed by atoms with van der Waals surface area (Å²) in [5, 5.41) is 0.578. The number of hydrogen-bond acceptors (Lipinski definition) is 4. The molecule has 0 amide bonds. The normalized spacial score (nSPS) is 11.6. The first-order chi connectivity index (χ1) is 13.4. The van der Waals surface area contributed by atoms with Gasteiger partial charge in [-0.1, -0.05) is 18.2 Å². The number of fused-ring (bicyclic) bond motifs is 1. The van der Waals surface area contributed by atoms with Crippen LogP contribution in [-0.2, 0) is 10.0 Å². The van der Waals surface area contributed by atoms with Crippen molar-refractivity contribution in [3.63, 3.8) is 0 Å². The molecule has 0 saturated carbocycles. The second-order valence-corrected chi connectivity index (χ2v) is 8.64. The molecule has 8 heteroatoms. The SMILES string of the molecule is O=Cc1cc(-c2cc3c(Br)ccnc3n2S(=O)(=O)c2ccccc2)ccc1F. The van der Waals surface area contributed by atoms with E-state index in [2.05, 4.69) is 20.9 Å². The smallest absolute Gasteiger partial charge is 0.269 e. The molecule has 0 saturated heterocycles. The van der Waals surface area contributed by atoms with Gasteiger partial charge >= 0.3 is 0 Å². The number of carbonyl (C=O) groups excluding carboxylic acids is 1. The van der Waals surface area contributed by atoms with Crippen molar-refractivity contribution >= 4 is 43.3 Å². The van der Waals surface area contributed by atoms with Crippen LogP contribution in [-0.4, -0.2) is 23.7 Å². The van der Waals surface area contributed by atoms with Crippen LogP contribution in [0.5, 0.6) is 0 Å². The third-order valence-corrected chi connectivity index (χ3v) is 6.72. The fraction of sp³-hybridized carbons (Fsp3) is 0. The molecule has 2 aromatic carbocycles. The molecule has 0 aliphatic heterocycles. The molecule has 0 radical (unpaired) electrons. The number of hydrogen-bond donors (Lipinski definition) is 0. The number of aromatic nitrogens is 2. The van der Waals surface area contributed by atoms with Crippen LogP contribution in [0.1, 0.15) is 10.4 Å². The second kappa shape index (κ2) is 6.96. The Hall–Kier alpha value is -2.84. The highest BCUT2D eigenvalue weighted by atomic mass is 79.9. The standard InChI is InChI=1S/C20H12BrFN2O3S/c21-17-8-9-23-20-16(17)11-19(13-6-7-18(22)14(10-13)12-25)24(20)28(26,27)15-4-2-1-3-5-15/h1-12H. The molecular weight excluding hydrogens is 447 g/mol. The number of pyridine rings is 1. The largest absolute Gasteiger partial charge is 0.298 e. The highest BCUT2D eigenvalue weighted by molar-refractivity contribution is 9.10. The van der Waals surface area contributed by atoms with Gasteiger partial charge in [0.05, 0.1) is 16.2 Å². The van der Waals surface area contributed by atoms with Crippen LogP contribution in [0, 0.1) is 5.82 Å². The van der Waals surface area contributed by atoms with Crippen LogP contribution in [0.3, 0.4) is 0 Å². The predicted octanol–water partition coefficient (Wildman–Crippen LogP) is 4.65. The zero-order valence-electron chi connectivity index (χ0n) is 14.2. The van der Waals surface area contributed by atoms with Gasteiger partial charge in [-0.15, -0.1) is 0 Å². The van der Waals surface area contributed by atoms with E-state index in [-0.39, 0.29) is 21.8 Å². The van der Waals surface area contributed by atoms with Crippen molar-refractivity contribution in [3.8, 4) is 11.3 Å². The summed E-state index contributed by atoms with van der Waals surface area (Å²) in [6, 6.07) is 15.2. The summed E-state index contributed by atoms with van der Waals surface area (Å²) in [7, 11) is -4.00. The number of carbonyl (C=O) groups is 1. The highest BCUT2D eigenvalue weighted by Gasteiger charge is 2.25. The topological polar surface area (TPSA) is 69.0 Å². The van der Waals surface area contributed by atoms with Crippen molar-refractivity contribution in [2.24, 2.45) is 0 Å². The Labute approximate surface area is 168 Å². The number of benzene rings is 2. The van der Waals surface area contributed by atoms with E-state index in [1.165, 1.54) is 30.5 Å². The minimum Gasteiger partial charge on any atom is -0.298 e. The Morgan fingerprint density at radius 2 is 1.79 bits per heavy atom. The van der Waals surface area contributed by atoms with Crippen molar-refractivity contribution in [2.75, 3.05) is 0 Å². The van der Waals surface area contributed by atoms with Crippen LogP contribution in [0.2, 0.25) is 0 Å². The first-order valence-corrected chi connectivity index (χ1v) is 10.4. The van der Waals surface area contributed by atoms with Crippen LogP contribution in [0.4, 0.5) is 4.39 Å². The summed E-state index contributed by atoms with van der Waals surface area (Å²) >= 11 is 3.42. The molecule has 0 aliphatic rings. The summed E-state index contributed by atoms with van der Waals surface area (Å²) in [4.78, 5) is 15.5. The lowest BCUT2D eigenvalue weighted by molar-refractivity contribution is 0.112. The van der Waals surface area contributed by atoms with Crippen molar-refractivity contribution in [1.82, 2.24) is 8.96 Å². The third kappa shape index (κ3) is 2.94. The highest BCUT2D eigenvalue weighted by Crippen LogP contribution is 2.34. The predicted molar refractivity (Wildman–Crippen MR) is 107 cm³/mol. The van der Waals surface area contributed by atoms with E-state index in [1.54, 1.807) is 30.3 Å². The quantitative estimate of drug-likeness (QED) is 0.417. The van der Waals surface area contributed by atoms with Crippen LogP contribution in [0.15, 0.2) is 76.2 Å². The maximum atomic E-state index is 13.8. The average molecular weight is 459 g/mol. The molecular formula is C20H12BrFN2O3S. The molecule has 0 N–H and O–H groups in total. The number of rotatable bonds is 4. The average Bonchev–Trinajstić information content (AvgIpc) is 3.11. The van der Waals surface area contributed by atoms with Crippen molar-refractivity contribution in [3.05, 3.63) is 82.7 Å². The second-order valence-electron chi connectivity index (χ2n) is 6.00. The van der Waals surface area contributed by atoms with Gasteiger partial charge in [-0.2, -0.15) is 0 Å². The van der Waals surface area contributed by atoms with Gasteiger partial charge in [0, 0.05) is 21.6 Å². The molecule has 28 heavy (non-hydrogen) atoms. The Balaban J connectivity index is 2.10. The van der Waals surface area contributed by atoms with Gasteiger partial charge in [0.1, 0.15) is 5.82 Å². The lowest BCUT2D eigenvalue weighted by Gasteiger charge is -2.12. The van der Waals surface area contributed by atoms with Gasteiger partial charge in [-0.25, -0.2) is 21.8 Å². The van der Waals surface area contributed by atoms with Gasteiger partial charge in [-0.3, -0.25) is 4.79 Å². The van der Waals surface area contributed by atoms with Gasteiger partial charge < -0.3 is 0 Å². The van der Waals surface area contributed by atoms with Gasteiger partial charge in [0.25, 0.3) is 10.0 Å². The van der Waals surface area contributed by atoms with Crippen LogP contribution in [0.25, 0.3) is 22.3 Å². The fourth-order valence-electron chi connectivity index (χ4n) is 2.98. The molecule has 0 unspecified atom stereocenters. The van der Waals surface area contributed by atoms with E-state index in [4.69, 9.17) is 0 Å². The van der Waals surface area contributed by atoms with E-state index >= 15 is 0 Å². The zero-order valence-corrected chi connectivity index (χ0v) is 16.6. The minimum atomic E-state index is -4.00. The molecule has 140 valence electrons. The summed E-state index contributed by atoms with van der Waals surface area (Å²) in [5.41, 5.74) is 0.734. The van der Waals surface area contributed by atoms with Gasteiger partial charge in [-0.05, 0) is 58.4 Å². The van der Waals surface area contributed by atoms with Crippen molar-refractivity contribution in [1.29, 1.82) is 0 Å². The number of aldehydes is 1. The van der Waals surface area contributed by atoms with Crippen molar-refractivity contribution < 1.29 is 17.6 Å². The molecule has 4 aromatic rings. The molecule has 0 spiro atoms. The molecule has 2 aromatic heterocycles. The van der Waals surface area contributed by atoms with Crippen LogP contribution >= 0.6 is 15.9 Å². The molecule has 0 bridgehead atoms.